The molecule has 0 N–H and O–H groups in total. The monoisotopic (exact) mass is 310 g/mol. The lowest BCUT2D eigenvalue weighted by atomic mass is 9.94. The zero-order valence-electron chi connectivity index (χ0n) is 12.5. The molecule has 0 fully saturated rings. The standard InChI is InChI=1S/C18H17NO4/c20-17(21)16-10-14-8-4-5-9-15(14)11-19(16)18(22)23-12-13-6-2-1-3-7-13/h1-9,16H,10-12H2,(H,20,21)/p-1. The van der Waals surface area contributed by atoms with E-state index in [0.29, 0.717) is 0 Å². The summed E-state index contributed by atoms with van der Waals surface area (Å²) in [4.78, 5) is 24.9. The van der Waals surface area contributed by atoms with Gasteiger partial charge in [0.2, 0.25) is 0 Å². The number of hydrogen-bond acceptors (Lipinski definition) is 4. The van der Waals surface area contributed by atoms with E-state index in [1.54, 1.807) is 0 Å². The largest absolute Gasteiger partial charge is 0.548 e. The average molecular weight is 310 g/mol. The molecular formula is C18H16NO4-. The quantitative estimate of drug-likeness (QED) is 0.861. The third-order valence-electron chi connectivity index (χ3n) is 3.96. The number of nitrogens with zero attached hydrogens (tertiary/aromatic N) is 1. The Morgan fingerprint density at radius 1 is 1.04 bits per heavy atom. The van der Waals surface area contributed by atoms with Crippen LogP contribution in [0.2, 0.25) is 0 Å². The summed E-state index contributed by atoms with van der Waals surface area (Å²) in [6.45, 7) is 0.319. The van der Waals surface area contributed by atoms with Gasteiger partial charge in [0.05, 0.1) is 12.0 Å². The number of fused-ring (bicyclic) bond motifs is 1. The Kier molecular flexibility index (Phi) is 4.28. The van der Waals surface area contributed by atoms with E-state index in [0.717, 1.165) is 16.7 Å². The van der Waals surface area contributed by atoms with Crippen molar-refractivity contribution >= 4 is 12.1 Å². The van der Waals surface area contributed by atoms with Gasteiger partial charge in [0.15, 0.2) is 0 Å². The van der Waals surface area contributed by atoms with Gasteiger partial charge in [-0.05, 0) is 23.1 Å². The molecular weight excluding hydrogens is 294 g/mol. The molecule has 0 aliphatic carbocycles. The lowest BCUT2D eigenvalue weighted by Crippen LogP contribution is -2.53. The van der Waals surface area contributed by atoms with Crippen LogP contribution in [-0.2, 0) is 29.1 Å². The molecule has 0 bridgehead atoms. The molecule has 5 nitrogen and oxygen atoms in total. The van der Waals surface area contributed by atoms with Crippen LogP contribution < -0.4 is 5.11 Å². The van der Waals surface area contributed by atoms with E-state index < -0.39 is 18.1 Å². The maximum atomic E-state index is 12.3. The van der Waals surface area contributed by atoms with E-state index in [1.165, 1.54) is 4.90 Å². The zero-order chi connectivity index (χ0) is 16.2. The molecule has 0 saturated carbocycles. The Hall–Kier alpha value is -2.82. The molecule has 1 heterocycles. The molecule has 1 atom stereocenters. The van der Waals surface area contributed by atoms with Crippen LogP contribution in [0.1, 0.15) is 16.7 Å². The average Bonchev–Trinajstić information content (AvgIpc) is 2.59. The topological polar surface area (TPSA) is 69.7 Å². The van der Waals surface area contributed by atoms with Crippen LogP contribution in [0.3, 0.4) is 0 Å². The smallest absolute Gasteiger partial charge is 0.410 e. The Labute approximate surface area is 134 Å². The second-order valence-corrected chi connectivity index (χ2v) is 5.48. The van der Waals surface area contributed by atoms with E-state index in [1.807, 2.05) is 54.6 Å². The number of carboxylic acid groups (broad SMARTS) is 1. The first-order chi connectivity index (χ1) is 11.1. The highest BCUT2D eigenvalue weighted by Crippen LogP contribution is 2.24. The molecule has 1 unspecified atom stereocenters. The van der Waals surface area contributed by atoms with E-state index in [-0.39, 0.29) is 19.6 Å². The van der Waals surface area contributed by atoms with Gasteiger partial charge >= 0.3 is 6.09 Å². The normalized spacial score (nSPS) is 16.5. The van der Waals surface area contributed by atoms with Gasteiger partial charge in [-0.25, -0.2) is 4.79 Å². The molecule has 23 heavy (non-hydrogen) atoms. The SMILES string of the molecule is O=C([O-])C1Cc2ccccc2CN1C(=O)OCc1ccccc1. The number of aliphatic carboxylic acids is 1. The summed E-state index contributed by atoms with van der Waals surface area (Å²) in [6, 6.07) is 15.7. The van der Waals surface area contributed by atoms with E-state index in [9.17, 15) is 14.7 Å². The summed E-state index contributed by atoms with van der Waals surface area (Å²) < 4.78 is 5.26. The first-order valence-corrected chi connectivity index (χ1v) is 7.40. The summed E-state index contributed by atoms with van der Waals surface area (Å²) in [5, 5.41) is 11.4. The number of carbonyl (C=O) groups excluding carboxylic acids is 2. The second-order valence-electron chi connectivity index (χ2n) is 5.48. The highest BCUT2D eigenvalue weighted by atomic mass is 16.6. The van der Waals surface area contributed by atoms with Gasteiger partial charge in [-0.15, -0.1) is 0 Å². The van der Waals surface area contributed by atoms with Crippen LogP contribution in [0.5, 0.6) is 0 Å². The Morgan fingerprint density at radius 3 is 2.39 bits per heavy atom. The van der Waals surface area contributed by atoms with Crippen molar-refractivity contribution in [3.8, 4) is 0 Å². The summed E-state index contributed by atoms with van der Waals surface area (Å²) in [6.07, 6.45) is -0.406. The molecule has 118 valence electrons. The third kappa shape index (κ3) is 3.34. The van der Waals surface area contributed by atoms with E-state index >= 15 is 0 Å². The lowest BCUT2D eigenvalue weighted by molar-refractivity contribution is -0.311. The maximum Gasteiger partial charge on any atom is 0.410 e. The van der Waals surface area contributed by atoms with Crippen molar-refractivity contribution < 1.29 is 19.4 Å². The van der Waals surface area contributed by atoms with Gasteiger partial charge in [0, 0.05) is 6.54 Å². The highest BCUT2D eigenvalue weighted by molar-refractivity contribution is 5.80. The lowest BCUT2D eigenvalue weighted by Gasteiger charge is -2.36. The molecule has 0 aromatic heterocycles. The van der Waals surface area contributed by atoms with Crippen LogP contribution in [0.25, 0.3) is 0 Å². The molecule has 1 aliphatic heterocycles. The summed E-state index contributed by atoms with van der Waals surface area (Å²) in [7, 11) is 0. The number of rotatable bonds is 3. The first kappa shape index (κ1) is 15.1. The summed E-state index contributed by atoms with van der Waals surface area (Å²) >= 11 is 0. The van der Waals surface area contributed by atoms with Crippen molar-refractivity contribution in [1.82, 2.24) is 4.90 Å². The fourth-order valence-corrected chi connectivity index (χ4v) is 2.73. The van der Waals surface area contributed by atoms with Crippen LogP contribution in [0, 0.1) is 0 Å². The number of benzene rings is 2. The molecule has 5 heteroatoms. The second kappa shape index (κ2) is 6.52. The number of hydrogen-bond donors (Lipinski definition) is 0. The minimum Gasteiger partial charge on any atom is -0.548 e. The number of amides is 1. The van der Waals surface area contributed by atoms with E-state index in [4.69, 9.17) is 4.74 Å². The van der Waals surface area contributed by atoms with Gasteiger partial charge in [0.25, 0.3) is 0 Å². The number of ether oxygens (including phenoxy) is 1. The zero-order valence-corrected chi connectivity index (χ0v) is 12.5. The predicted molar refractivity (Wildman–Crippen MR) is 81.1 cm³/mol. The van der Waals surface area contributed by atoms with Crippen LogP contribution in [0.4, 0.5) is 4.79 Å². The highest BCUT2D eigenvalue weighted by Gasteiger charge is 2.31. The van der Waals surface area contributed by atoms with Crippen molar-refractivity contribution in [2.24, 2.45) is 0 Å². The van der Waals surface area contributed by atoms with E-state index in [2.05, 4.69) is 0 Å². The fourth-order valence-electron chi connectivity index (χ4n) is 2.73. The predicted octanol–water partition coefficient (Wildman–Crippen LogP) is 1.50. The number of carbonyl (C=O) groups is 2. The van der Waals surface area contributed by atoms with Crippen LogP contribution in [0.15, 0.2) is 54.6 Å². The van der Waals surface area contributed by atoms with Gasteiger partial charge in [0.1, 0.15) is 6.61 Å². The Morgan fingerprint density at radius 2 is 1.70 bits per heavy atom. The summed E-state index contributed by atoms with van der Waals surface area (Å²) in [5.41, 5.74) is 2.71. The van der Waals surface area contributed by atoms with Gasteiger partial charge in [-0.3, -0.25) is 4.90 Å². The molecule has 0 saturated heterocycles. The van der Waals surface area contributed by atoms with Crippen molar-refractivity contribution in [1.29, 1.82) is 0 Å². The molecule has 0 spiro atoms. The Bertz CT molecular complexity index is 714. The minimum absolute atomic E-state index is 0.109. The van der Waals surface area contributed by atoms with Crippen molar-refractivity contribution in [2.75, 3.05) is 0 Å². The molecule has 3 rings (SSSR count). The summed E-state index contributed by atoms with van der Waals surface area (Å²) in [5.74, 6) is -1.27. The van der Waals surface area contributed by atoms with Crippen molar-refractivity contribution in [3.05, 3.63) is 71.3 Å². The van der Waals surface area contributed by atoms with Crippen molar-refractivity contribution in [3.63, 3.8) is 0 Å². The fraction of sp³-hybridized carbons (Fsp3) is 0.222. The maximum absolute atomic E-state index is 12.3. The van der Waals surface area contributed by atoms with Crippen LogP contribution in [-0.4, -0.2) is 23.0 Å². The van der Waals surface area contributed by atoms with Gasteiger partial charge in [-0.2, -0.15) is 0 Å². The van der Waals surface area contributed by atoms with Crippen LogP contribution >= 0.6 is 0 Å². The van der Waals surface area contributed by atoms with Gasteiger partial charge < -0.3 is 14.6 Å². The first-order valence-electron chi connectivity index (χ1n) is 7.40. The molecule has 2 aromatic carbocycles. The molecule has 2 aromatic rings. The van der Waals surface area contributed by atoms with Gasteiger partial charge in [-0.1, -0.05) is 54.6 Å². The number of carboxylic acids is 1. The Balaban J connectivity index is 1.74. The van der Waals surface area contributed by atoms with Crippen molar-refractivity contribution in [2.45, 2.75) is 25.6 Å². The third-order valence-corrected chi connectivity index (χ3v) is 3.96. The molecule has 0 radical (unpaired) electrons. The minimum atomic E-state index is -1.27. The molecule has 1 aliphatic rings. The molecule has 1 amide bonds.